The Morgan fingerprint density at radius 2 is 0.754 bits per heavy atom. The zero-order valence-electron chi connectivity index (χ0n) is 35.6. The molecule has 11 aromatic rings. The van der Waals surface area contributed by atoms with E-state index in [0.717, 1.165) is 93.7 Å². The lowest BCUT2D eigenvalue weighted by Gasteiger charge is -2.29. The average Bonchev–Trinajstić information content (AvgIpc) is 3.79. The third kappa shape index (κ3) is 5.96. The molecule has 4 nitrogen and oxygen atoms in total. The Balaban J connectivity index is 1.07. The number of hydrogen-bond acceptors (Lipinski definition) is 4. The first-order valence-corrected chi connectivity index (χ1v) is 21.2. The van der Waals surface area contributed by atoms with Gasteiger partial charge in [-0.2, -0.15) is 0 Å². The van der Waals surface area contributed by atoms with E-state index >= 15 is 0 Å². The first-order chi connectivity index (χ1) is 29.6. The highest BCUT2D eigenvalue weighted by Gasteiger charge is 2.23. The van der Waals surface area contributed by atoms with Gasteiger partial charge in [-0.1, -0.05) is 83.9 Å². The van der Waals surface area contributed by atoms with Crippen molar-refractivity contribution in [1.82, 2.24) is 0 Å². The fourth-order valence-corrected chi connectivity index (χ4v) is 9.62. The van der Waals surface area contributed by atoms with Crippen molar-refractivity contribution in [3.8, 4) is 0 Å². The average molecular weight is 791 g/mol. The summed E-state index contributed by atoms with van der Waals surface area (Å²) in [5, 5.41) is 8.94. The third-order valence-electron chi connectivity index (χ3n) is 12.7. The van der Waals surface area contributed by atoms with Crippen molar-refractivity contribution < 1.29 is 8.83 Å². The maximum absolute atomic E-state index is 6.82. The van der Waals surface area contributed by atoms with E-state index in [-0.39, 0.29) is 0 Å². The van der Waals surface area contributed by atoms with Crippen LogP contribution in [0.5, 0.6) is 0 Å². The molecule has 0 N–H and O–H groups in total. The molecule has 0 aliphatic rings. The maximum atomic E-state index is 6.82. The molecule has 0 fully saturated rings. The molecule has 0 bridgehead atoms. The number of nitrogens with zero attached hydrogens (tertiary/aromatic N) is 2. The Kier molecular flexibility index (Phi) is 8.37. The first kappa shape index (κ1) is 36.8. The van der Waals surface area contributed by atoms with Gasteiger partial charge in [-0.25, -0.2) is 0 Å². The van der Waals surface area contributed by atoms with Gasteiger partial charge < -0.3 is 18.6 Å². The van der Waals surface area contributed by atoms with Crippen LogP contribution in [0.2, 0.25) is 0 Å². The van der Waals surface area contributed by atoms with Crippen LogP contribution in [0.4, 0.5) is 34.1 Å². The van der Waals surface area contributed by atoms with Gasteiger partial charge in [-0.05, 0) is 177 Å². The third-order valence-corrected chi connectivity index (χ3v) is 12.7. The lowest BCUT2D eigenvalue weighted by atomic mass is 9.98. The van der Waals surface area contributed by atoms with E-state index in [4.69, 9.17) is 8.83 Å². The Morgan fingerprint density at radius 1 is 0.328 bits per heavy atom. The van der Waals surface area contributed by atoms with Crippen molar-refractivity contribution >= 4 is 99.5 Å². The number of anilines is 6. The van der Waals surface area contributed by atoms with E-state index < -0.39 is 0 Å². The normalized spacial score (nSPS) is 11.9. The highest BCUT2D eigenvalue weighted by Crippen LogP contribution is 2.46. The zero-order chi connectivity index (χ0) is 41.7. The molecule has 61 heavy (non-hydrogen) atoms. The van der Waals surface area contributed by atoms with E-state index in [1.54, 1.807) is 0 Å². The summed E-state index contributed by atoms with van der Waals surface area (Å²) in [6.07, 6.45) is 0. The van der Waals surface area contributed by atoms with Crippen LogP contribution in [0.15, 0.2) is 160 Å². The molecule has 2 aromatic heterocycles. The van der Waals surface area contributed by atoms with E-state index in [9.17, 15) is 0 Å². The second-order valence-corrected chi connectivity index (χ2v) is 17.1. The summed E-state index contributed by atoms with van der Waals surface area (Å²) in [6.45, 7) is 15.2. The van der Waals surface area contributed by atoms with Gasteiger partial charge in [0.05, 0.1) is 11.4 Å². The van der Waals surface area contributed by atoms with Crippen LogP contribution in [0, 0.1) is 48.5 Å². The first-order valence-electron chi connectivity index (χ1n) is 21.2. The van der Waals surface area contributed by atoms with Crippen LogP contribution >= 0.6 is 0 Å². The fraction of sp³-hybridized carbons (Fsp3) is 0.123. The lowest BCUT2D eigenvalue weighted by molar-refractivity contribution is 0.660. The largest absolute Gasteiger partial charge is 0.456 e. The minimum absolute atomic E-state index is 0.864. The van der Waals surface area contributed by atoms with Crippen molar-refractivity contribution in [3.63, 3.8) is 0 Å². The molecule has 0 saturated heterocycles. The summed E-state index contributed by atoms with van der Waals surface area (Å²) in [4.78, 5) is 4.77. The van der Waals surface area contributed by atoms with Gasteiger partial charge in [0.25, 0.3) is 0 Å². The molecule has 4 heteroatoms. The lowest BCUT2D eigenvalue weighted by Crippen LogP contribution is -2.12. The number of aryl methyl sites for hydroxylation is 7. The number of para-hydroxylation sites is 2. The molecule has 0 radical (unpaired) electrons. The number of benzene rings is 9. The smallest absolute Gasteiger partial charge is 0.139 e. The summed E-state index contributed by atoms with van der Waals surface area (Å²) < 4.78 is 13.6. The number of furan rings is 2. The maximum Gasteiger partial charge on any atom is 0.139 e. The summed E-state index contributed by atoms with van der Waals surface area (Å²) in [5.41, 5.74) is 18.8. The number of hydrogen-bond donors (Lipinski definition) is 0. The Bertz CT molecular complexity index is 3510. The molecule has 296 valence electrons. The SMILES string of the molecule is Cc1ccc(N(c2ccc3cc4c(cc3c2)oc2cc(C)c3oc5cc6cc(N(c7ccc(C)cc7)c7c(C)cccc7C)ccc6cc5c3c24)c2c(C)cccc2C)cc1. The molecule has 0 atom stereocenters. The molecule has 2 heterocycles. The van der Waals surface area contributed by atoms with Crippen LogP contribution in [-0.2, 0) is 0 Å². The minimum atomic E-state index is 0.864. The number of rotatable bonds is 6. The Hall–Kier alpha value is -7.30. The highest BCUT2D eigenvalue weighted by atomic mass is 16.3. The van der Waals surface area contributed by atoms with E-state index in [1.807, 2.05) is 0 Å². The molecule has 9 aromatic carbocycles. The van der Waals surface area contributed by atoms with Crippen molar-refractivity contribution in [3.05, 3.63) is 191 Å². The molecule has 0 saturated carbocycles. The topological polar surface area (TPSA) is 32.8 Å². The predicted octanol–water partition coefficient (Wildman–Crippen LogP) is 16.9. The van der Waals surface area contributed by atoms with Gasteiger partial charge >= 0.3 is 0 Å². The van der Waals surface area contributed by atoms with Crippen molar-refractivity contribution in [2.75, 3.05) is 9.80 Å². The number of fused-ring (bicyclic) bond motifs is 9. The molecular weight excluding hydrogens is 745 g/mol. The van der Waals surface area contributed by atoms with Gasteiger partial charge in [0.1, 0.15) is 22.3 Å². The van der Waals surface area contributed by atoms with E-state index in [1.165, 1.54) is 44.8 Å². The summed E-state index contributed by atoms with van der Waals surface area (Å²) in [5.74, 6) is 0. The van der Waals surface area contributed by atoms with Gasteiger partial charge in [0.15, 0.2) is 0 Å². The quantitative estimate of drug-likeness (QED) is 0.168. The summed E-state index contributed by atoms with van der Waals surface area (Å²) in [7, 11) is 0. The molecule has 0 amide bonds. The van der Waals surface area contributed by atoms with E-state index in [2.05, 4.69) is 210 Å². The van der Waals surface area contributed by atoms with Crippen molar-refractivity contribution in [2.24, 2.45) is 0 Å². The molecule has 11 rings (SSSR count). The van der Waals surface area contributed by atoms with Gasteiger partial charge in [0.2, 0.25) is 0 Å². The van der Waals surface area contributed by atoms with E-state index in [0.29, 0.717) is 0 Å². The Morgan fingerprint density at radius 3 is 1.23 bits per heavy atom. The van der Waals surface area contributed by atoms with Gasteiger partial charge in [-0.15, -0.1) is 0 Å². The summed E-state index contributed by atoms with van der Waals surface area (Å²) >= 11 is 0. The summed E-state index contributed by atoms with van der Waals surface area (Å²) in [6, 6.07) is 55.4. The minimum Gasteiger partial charge on any atom is -0.456 e. The monoisotopic (exact) mass is 790 g/mol. The van der Waals surface area contributed by atoms with Crippen molar-refractivity contribution in [1.29, 1.82) is 0 Å². The second-order valence-electron chi connectivity index (χ2n) is 17.1. The molecule has 0 unspecified atom stereocenters. The van der Waals surface area contributed by atoms with Gasteiger partial charge in [0, 0.05) is 44.3 Å². The molecule has 0 spiro atoms. The Labute approximate surface area is 355 Å². The van der Waals surface area contributed by atoms with Crippen LogP contribution in [-0.4, -0.2) is 0 Å². The highest BCUT2D eigenvalue weighted by molar-refractivity contribution is 6.28. The van der Waals surface area contributed by atoms with Crippen LogP contribution in [0.3, 0.4) is 0 Å². The van der Waals surface area contributed by atoms with Gasteiger partial charge in [-0.3, -0.25) is 0 Å². The molecule has 0 aliphatic carbocycles. The molecular formula is C57H46N2O2. The second kappa shape index (κ2) is 13.9. The van der Waals surface area contributed by atoms with Crippen molar-refractivity contribution in [2.45, 2.75) is 48.5 Å². The predicted molar refractivity (Wildman–Crippen MR) is 259 cm³/mol. The fourth-order valence-electron chi connectivity index (χ4n) is 9.62. The van der Waals surface area contributed by atoms with Crippen LogP contribution in [0.25, 0.3) is 65.4 Å². The van der Waals surface area contributed by atoms with Crippen LogP contribution < -0.4 is 9.80 Å². The standard InChI is InChI=1S/C57H46N2O2/c1-33-14-20-44(21-15-33)58(55-35(3)10-8-11-36(55)4)46-24-18-40-29-48-50(31-42(40)27-46)60-52-26-39(7)57-54(53(48)52)49-30-41-19-25-47(28-43(41)32-51(49)61-57)59(45-22-16-34(2)17-23-45)56-37(5)12-9-13-38(56)6/h8-32H,1-7H3. The van der Waals surface area contributed by atoms with Crippen LogP contribution in [0.1, 0.15) is 38.9 Å². The molecule has 0 aliphatic heterocycles. The zero-order valence-corrected chi connectivity index (χ0v) is 35.6.